The van der Waals surface area contributed by atoms with Crippen LogP contribution in [0.1, 0.15) is 12.8 Å². The Morgan fingerprint density at radius 2 is 2.06 bits per heavy atom. The van der Waals surface area contributed by atoms with Gasteiger partial charge in [-0.05, 0) is 12.8 Å². The van der Waals surface area contributed by atoms with E-state index in [0.29, 0.717) is 18.4 Å². The van der Waals surface area contributed by atoms with Crippen molar-refractivity contribution in [3.8, 4) is 0 Å². The zero-order chi connectivity index (χ0) is 11.7. The van der Waals surface area contributed by atoms with E-state index < -0.39 is 0 Å². The first-order chi connectivity index (χ1) is 8.34. The number of fused-ring (bicyclic) bond motifs is 1. The van der Waals surface area contributed by atoms with Crippen LogP contribution in [-0.2, 0) is 9.53 Å². The average Bonchev–Trinajstić information content (AvgIpc) is 2.39. The van der Waals surface area contributed by atoms with E-state index in [2.05, 4.69) is 15.3 Å². The van der Waals surface area contributed by atoms with Crippen LogP contribution < -0.4 is 10.2 Å². The molecule has 2 aliphatic rings. The molecule has 17 heavy (non-hydrogen) atoms. The van der Waals surface area contributed by atoms with Gasteiger partial charge in [-0.1, -0.05) is 0 Å². The summed E-state index contributed by atoms with van der Waals surface area (Å²) in [6.45, 7) is 1.85. The molecule has 0 saturated carbocycles. The van der Waals surface area contributed by atoms with Gasteiger partial charge in [0.05, 0.1) is 6.54 Å². The van der Waals surface area contributed by atoms with Crippen LogP contribution in [0.3, 0.4) is 0 Å². The van der Waals surface area contributed by atoms with Crippen LogP contribution in [0.25, 0.3) is 0 Å². The molecule has 1 aromatic rings. The van der Waals surface area contributed by atoms with E-state index in [0.717, 1.165) is 31.9 Å². The molecule has 2 aliphatic heterocycles. The molecular weight excluding hydrogens is 220 g/mol. The van der Waals surface area contributed by atoms with Crippen molar-refractivity contribution in [2.45, 2.75) is 18.9 Å². The lowest BCUT2D eigenvalue weighted by atomic mass is 10.1. The molecule has 0 aromatic carbocycles. The van der Waals surface area contributed by atoms with Crippen molar-refractivity contribution in [3.63, 3.8) is 0 Å². The quantitative estimate of drug-likeness (QED) is 0.762. The zero-order valence-electron chi connectivity index (χ0n) is 9.43. The molecule has 0 radical (unpaired) electrons. The number of carbonyl (C=O) groups is 1. The second-order valence-corrected chi connectivity index (χ2v) is 4.25. The topological polar surface area (TPSA) is 67.4 Å². The first-order valence-corrected chi connectivity index (χ1v) is 5.80. The second kappa shape index (κ2) is 4.29. The van der Waals surface area contributed by atoms with Crippen LogP contribution in [-0.4, -0.2) is 41.7 Å². The molecule has 90 valence electrons. The Labute approximate surface area is 99.0 Å². The van der Waals surface area contributed by atoms with Crippen LogP contribution in [0.5, 0.6) is 0 Å². The third-order valence-electron chi connectivity index (χ3n) is 3.15. The van der Waals surface area contributed by atoms with Crippen molar-refractivity contribution < 1.29 is 9.53 Å². The third kappa shape index (κ3) is 1.95. The molecule has 0 aliphatic carbocycles. The molecule has 3 heterocycles. The molecule has 3 rings (SSSR count). The summed E-state index contributed by atoms with van der Waals surface area (Å²) in [5.74, 6) is 1.32. The summed E-state index contributed by atoms with van der Waals surface area (Å²) in [7, 11) is 0. The highest BCUT2D eigenvalue weighted by molar-refractivity contribution is 5.99. The highest BCUT2D eigenvalue weighted by Crippen LogP contribution is 2.28. The minimum atomic E-state index is -0.0236. The van der Waals surface area contributed by atoms with Crippen molar-refractivity contribution in [3.05, 3.63) is 12.4 Å². The van der Waals surface area contributed by atoms with E-state index in [1.54, 1.807) is 12.4 Å². The SMILES string of the molecule is O=C1CN(C2CCOCC2)c2nccnc2N1. The van der Waals surface area contributed by atoms with Gasteiger partial charge in [0.2, 0.25) is 5.91 Å². The number of rotatable bonds is 1. The van der Waals surface area contributed by atoms with Gasteiger partial charge in [0, 0.05) is 31.6 Å². The number of aromatic nitrogens is 2. The number of anilines is 2. The highest BCUT2D eigenvalue weighted by Gasteiger charge is 2.30. The van der Waals surface area contributed by atoms with Crippen molar-refractivity contribution in [2.75, 3.05) is 30.0 Å². The largest absolute Gasteiger partial charge is 0.381 e. The van der Waals surface area contributed by atoms with Gasteiger partial charge in [-0.3, -0.25) is 4.79 Å². The molecule has 1 fully saturated rings. The van der Waals surface area contributed by atoms with E-state index in [1.165, 1.54) is 0 Å². The molecule has 1 N–H and O–H groups in total. The van der Waals surface area contributed by atoms with Crippen molar-refractivity contribution >= 4 is 17.5 Å². The van der Waals surface area contributed by atoms with Crippen LogP contribution in [0.2, 0.25) is 0 Å². The Hall–Kier alpha value is -1.69. The van der Waals surface area contributed by atoms with Crippen molar-refractivity contribution in [1.29, 1.82) is 0 Å². The van der Waals surface area contributed by atoms with Gasteiger partial charge in [0.15, 0.2) is 11.6 Å². The number of hydrogen-bond acceptors (Lipinski definition) is 5. The van der Waals surface area contributed by atoms with Crippen LogP contribution in [0.4, 0.5) is 11.6 Å². The smallest absolute Gasteiger partial charge is 0.245 e. The fraction of sp³-hybridized carbons (Fsp3) is 0.545. The van der Waals surface area contributed by atoms with Gasteiger partial charge < -0.3 is 15.0 Å². The molecule has 1 amide bonds. The van der Waals surface area contributed by atoms with Crippen molar-refractivity contribution in [2.24, 2.45) is 0 Å². The minimum absolute atomic E-state index is 0.0236. The number of nitrogens with zero attached hydrogens (tertiary/aromatic N) is 3. The fourth-order valence-corrected chi connectivity index (χ4v) is 2.33. The number of amides is 1. The number of nitrogens with one attached hydrogen (secondary N) is 1. The Balaban J connectivity index is 1.91. The summed E-state index contributed by atoms with van der Waals surface area (Å²) in [4.78, 5) is 22.1. The molecular formula is C11H14N4O2. The average molecular weight is 234 g/mol. The predicted molar refractivity (Wildman–Crippen MR) is 61.8 cm³/mol. The van der Waals surface area contributed by atoms with Gasteiger partial charge in [0.1, 0.15) is 0 Å². The molecule has 1 saturated heterocycles. The van der Waals surface area contributed by atoms with E-state index >= 15 is 0 Å². The van der Waals surface area contributed by atoms with E-state index in [4.69, 9.17) is 4.74 Å². The molecule has 0 bridgehead atoms. The van der Waals surface area contributed by atoms with Gasteiger partial charge >= 0.3 is 0 Å². The van der Waals surface area contributed by atoms with Gasteiger partial charge in [-0.15, -0.1) is 0 Å². The fourth-order valence-electron chi connectivity index (χ4n) is 2.33. The van der Waals surface area contributed by atoms with E-state index in [1.807, 2.05) is 4.90 Å². The van der Waals surface area contributed by atoms with Crippen LogP contribution >= 0.6 is 0 Å². The minimum Gasteiger partial charge on any atom is -0.381 e. The molecule has 6 nitrogen and oxygen atoms in total. The maximum Gasteiger partial charge on any atom is 0.245 e. The van der Waals surface area contributed by atoms with Crippen molar-refractivity contribution in [1.82, 2.24) is 9.97 Å². The van der Waals surface area contributed by atoms with Gasteiger partial charge in [0.25, 0.3) is 0 Å². The molecule has 0 atom stereocenters. The summed E-state index contributed by atoms with van der Waals surface area (Å²) in [5, 5.41) is 2.74. The van der Waals surface area contributed by atoms with Gasteiger partial charge in [-0.25, -0.2) is 9.97 Å². The maximum atomic E-state index is 11.6. The predicted octanol–water partition coefficient (Wildman–Crippen LogP) is 0.414. The van der Waals surface area contributed by atoms with Gasteiger partial charge in [-0.2, -0.15) is 0 Å². The first kappa shape index (κ1) is 10.5. The summed E-state index contributed by atoms with van der Waals surface area (Å²) >= 11 is 0. The Morgan fingerprint density at radius 1 is 1.29 bits per heavy atom. The standard InChI is InChI=1S/C11H14N4O2/c16-9-7-15(8-1-5-17-6-2-8)11-10(14-9)12-3-4-13-11/h3-4,8H,1-2,5-7H2,(H,12,14,16). The number of carbonyl (C=O) groups excluding carboxylic acids is 1. The zero-order valence-corrected chi connectivity index (χ0v) is 9.43. The second-order valence-electron chi connectivity index (χ2n) is 4.25. The molecule has 1 aromatic heterocycles. The Kier molecular flexibility index (Phi) is 2.64. The Bertz CT molecular complexity index is 431. The number of ether oxygens (including phenoxy) is 1. The first-order valence-electron chi connectivity index (χ1n) is 5.80. The number of hydrogen-bond donors (Lipinski definition) is 1. The lowest BCUT2D eigenvalue weighted by Gasteiger charge is -2.37. The molecule has 0 spiro atoms. The highest BCUT2D eigenvalue weighted by atomic mass is 16.5. The lowest BCUT2D eigenvalue weighted by molar-refractivity contribution is -0.115. The summed E-state index contributed by atoms with van der Waals surface area (Å²) in [5.41, 5.74) is 0. The van der Waals surface area contributed by atoms with E-state index in [-0.39, 0.29) is 5.91 Å². The lowest BCUT2D eigenvalue weighted by Crippen LogP contribution is -2.47. The summed E-state index contributed by atoms with van der Waals surface area (Å²) < 4.78 is 5.34. The maximum absolute atomic E-state index is 11.6. The summed E-state index contributed by atoms with van der Waals surface area (Å²) in [6.07, 6.45) is 5.11. The normalized spacial score (nSPS) is 20.9. The summed E-state index contributed by atoms with van der Waals surface area (Å²) in [6, 6.07) is 0.324. The van der Waals surface area contributed by atoms with E-state index in [9.17, 15) is 4.79 Å². The molecule has 6 heteroatoms. The monoisotopic (exact) mass is 234 g/mol. The third-order valence-corrected chi connectivity index (χ3v) is 3.15. The molecule has 0 unspecified atom stereocenters. The Morgan fingerprint density at radius 3 is 2.88 bits per heavy atom. The van der Waals surface area contributed by atoms with Crippen LogP contribution in [0, 0.1) is 0 Å². The van der Waals surface area contributed by atoms with Crippen LogP contribution in [0.15, 0.2) is 12.4 Å².